The molecule has 1 heterocycles. The Balaban J connectivity index is 0. The van der Waals surface area contributed by atoms with Gasteiger partial charge in [-0.25, -0.2) is 0 Å². The fourth-order valence-electron chi connectivity index (χ4n) is 5.44. The molecule has 60 heavy (non-hydrogen) atoms. The van der Waals surface area contributed by atoms with Gasteiger partial charge in [-0.15, -0.1) is 0 Å². The van der Waals surface area contributed by atoms with Crippen LogP contribution < -0.4 is 31.9 Å². The molecule has 0 spiro atoms. The molecule has 4 aromatic rings. The van der Waals surface area contributed by atoms with Gasteiger partial charge in [-0.1, -0.05) is 96.5 Å². The lowest BCUT2D eigenvalue weighted by molar-refractivity contribution is -0.110. The number of hydrogen-bond acceptors (Lipinski definition) is 9. The number of anilines is 2. The van der Waals surface area contributed by atoms with Gasteiger partial charge >= 0.3 is 0 Å². The van der Waals surface area contributed by atoms with Crippen LogP contribution in [-0.2, 0) is 20.8 Å². The van der Waals surface area contributed by atoms with E-state index in [1.54, 1.807) is 18.5 Å². The van der Waals surface area contributed by atoms with Crippen LogP contribution in [0.5, 0.6) is 0 Å². The second kappa shape index (κ2) is 35.1. The van der Waals surface area contributed by atoms with Crippen molar-refractivity contribution in [2.45, 2.75) is 99.2 Å². The average Bonchev–Trinajstić information content (AvgIpc) is 3.26. The molecular weight excluding hydrogens is 755 g/mol. The molecule has 12 nitrogen and oxygen atoms in total. The highest BCUT2D eigenvalue weighted by Gasteiger charge is 2.19. The Hall–Kier alpha value is -5.88. The summed E-state index contributed by atoms with van der Waals surface area (Å²) in [7, 11) is 3.92. The van der Waals surface area contributed by atoms with Gasteiger partial charge < -0.3 is 41.5 Å². The summed E-state index contributed by atoms with van der Waals surface area (Å²) in [4.78, 5) is 59.2. The molecule has 0 aliphatic heterocycles. The van der Waals surface area contributed by atoms with Gasteiger partial charge in [0, 0.05) is 54.5 Å². The smallest absolute Gasteiger partial charge is 0.251 e. The summed E-state index contributed by atoms with van der Waals surface area (Å²) >= 11 is 0. The van der Waals surface area contributed by atoms with Crippen LogP contribution in [0.1, 0.15) is 124 Å². The highest BCUT2D eigenvalue weighted by molar-refractivity contribution is 6.01. The molecule has 330 valence electrons. The number of pyridine rings is 1. The van der Waals surface area contributed by atoms with Gasteiger partial charge in [0.25, 0.3) is 11.8 Å². The molecule has 3 atom stereocenters. The maximum Gasteiger partial charge on any atom is 0.251 e. The lowest BCUT2D eigenvalue weighted by atomic mass is 10.0. The van der Waals surface area contributed by atoms with Crippen LogP contribution >= 0.6 is 0 Å². The molecule has 0 aliphatic carbocycles. The minimum atomic E-state index is -0.227. The Labute approximate surface area is 360 Å². The standard InChI is InChI=1S/C31H41N5O2.C9H12N2O.C4H10.C2H6.2CH2O/c1-5-11-28(18-24-12-7-6-8-13-24)35-31(38)27-19-26(20-29(21-27)36(4)17-10-15-32-3)30(37)34-23(2)25-14-9-16-33-22-25;1-7(11-6-12)8-2-4-9(10)5-3-8;1-4(2)3;3*1-2/h6-9,12-14,16,19-23,28,32H,5,10-11,15,17-18H2,1-4H3,(H,34,37)(H,35,38);2-7H,10H2,1H3,(H,11,12);4H,1-3H3;1-2H3;2*1H2/t23?,28-;7-;;;;/m11..../s1. The van der Waals surface area contributed by atoms with Crippen LogP contribution in [0, 0.1) is 5.92 Å². The number of hydrogen-bond donors (Lipinski definition) is 5. The van der Waals surface area contributed by atoms with E-state index < -0.39 is 0 Å². The van der Waals surface area contributed by atoms with E-state index in [1.165, 1.54) is 5.56 Å². The van der Waals surface area contributed by atoms with Crippen molar-refractivity contribution >= 4 is 43.2 Å². The molecule has 1 unspecified atom stereocenters. The topological polar surface area (TPSA) is 176 Å². The summed E-state index contributed by atoms with van der Waals surface area (Å²) in [6.07, 6.45) is 7.70. The highest BCUT2D eigenvalue weighted by Crippen LogP contribution is 2.21. The number of carbonyl (C=O) groups excluding carboxylic acids is 5. The van der Waals surface area contributed by atoms with Crippen LogP contribution in [0.4, 0.5) is 11.4 Å². The highest BCUT2D eigenvalue weighted by atomic mass is 16.2. The van der Waals surface area contributed by atoms with Gasteiger partial charge in [0.15, 0.2) is 0 Å². The fraction of sp³-hybridized carbons (Fsp3) is 0.417. The zero-order chi connectivity index (χ0) is 45.9. The van der Waals surface area contributed by atoms with Gasteiger partial charge in [-0.05, 0) is 106 Å². The molecule has 12 heteroatoms. The van der Waals surface area contributed by atoms with E-state index in [0.717, 1.165) is 67.2 Å². The monoisotopic (exact) mass is 828 g/mol. The third-order valence-electron chi connectivity index (χ3n) is 8.39. The Morgan fingerprint density at radius 1 is 0.800 bits per heavy atom. The van der Waals surface area contributed by atoms with Crippen molar-refractivity contribution in [2.75, 3.05) is 37.8 Å². The number of nitrogens with two attached hydrogens (primary N) is 1. The second-order valence-electron chi connectivity index (χ2n) is 14.2. The molecular formula is C48H73N7O5. The van der Waals surface area contributed by atoms with Gasteiger partial charge in [-0.3, -0.25) is 19.4 Å². The maximum absolute atomic E-state index is 13.5. The van der Waals surface area contributed by atoms with E-state index in [0.29, 0.717) is 17.5 Å². The molecule has 3 aromatic carbocycles. The largest absolute Gasteiger partial charge is 0.399 e. The predicted octanol–water partition coefficient (Wildman–Crippen LogP) is 8.15. The Morgan fingerprint density at radius 2 is 1.37 bits per heavy atom. The zero-order valence-corrected chi connectivity index (χ0v) is 37.8. The van der Waals surface area contributed by atoms with Crippen molar-refractivity contribution in [3.8, 4) is 0 Å². The first-order valence-electron chi connectivity index (χ1n) is 20.6. The predicted molar refractivity (Wildman–Crippen MR) is 249 cm³/mol. The normalized spacial score (nSPS) is 11.1. The first kappa shape index (κ1) is 56.2. The Morgan fingerprint density at radius 3 is 1.87 bits per heavy atom. The van der Waals surface area contributed by atoms with Crippen molar-refractivity contribution in [3.63, 3.8) is 0 Å². The molecule has 1 aromatic heterocycles. The second-order valence-corrected chi connectivity index (χ2v) is 14.2. The van der Waals surface area contributed by atoms with E-state index in [2.05, 4.69) is 71.0 Å². The summed E-state index contributed by atoms with van der Waals surface area (Å²) in [5.41, 5.74) is 11.2. The molecule has 4 rings (SSSR count). The lowest BCUT2D eigenvalue weighted by Crippen LogP contribution is -2.36. The number of rotatable bonds is 17. The summed E-state index contributed by atoms with van der Waals surface area (Å²) in [6.45, 7) is 22.1. The SMILES string of the molecule is C=O.C=O.CC.CC(C)C.CCC[C@H](Cc1ccccc1)NC(=O)c1cc(C(=O)NC(C)c2cccnc2)cc(N(C)CCCNC)c1.C[C@@H](NC=O)c1ccc(N)cc1. The Bertz CT molecular complexity index is 1690. The first-order valence-corrected chi connectivity index (χ1v) is 20.6. The quantitative estimate of drug-likeness (QED) is 0.0400. The minimum absolute atomic E-state index is 0.00907. The number of nitrogens with zero attached hydrogens (tertiary/aromatic N) is 2. The van der Waals surface area contributed by atoms with E-state index >= 15 is 0 Å². The lowest BCUT2D eigenvalue weighted by Gasteiger charge is -2.23. The summed E-state index contributed by atoms with van der Waals surface area (Å²) in [5, 5.41) is 12.1. The summed E-state index contributed by atoms with van der Waals surface area (Å²) < 4.78 is 0. The van der Waals surface area contributed by atoms with Crippen LogP contribution in [0.25, 0.3) is 0 Å². The third-order valence-corrected chi connectivity index (χ3v) is 8.39. The van der Waals surface area contributed by atoms with Gasteiger partial charge in [0.1, 0.15) is 13.6 Å². The molecule has 3 amide bonds. The molecule has 0 aliphatic rings. The third kappa shape index (κ3) is 24.1. The summed E-state index contributed by atoms with van der Waals surface area (Å²) in [6, 6.07) is 26.7. The van der Waals surface area contributed by atoms with Crippen molar-refractivity contribution in [2.24, 2.45) is 5.92 Å². The molecule has 0 radical (unpaired) electrons. The zero-order valence-electron chi connectivity index (χ0n) is 37.8. The van der Waals surface area contributed by atoms with Crippen LogP contribution in [0.15, 0.2) is 97.3 Å². The molecule has 0 saturated carbocycles. The van der Waals surface area contributed by atoms with E-state index in [-0.39, 0.29) is 29.9 Å². The van der Waals surface area contributed by atoms with E-state index in [9.17, 15) is 14.4 Å². The number of amides is 3. The Kier molecular flexibility index (Phi) is 32.9. The van der Waals surface area contributed by atoms with Crippen LogP contribution in [0.3, 0.4) is 0 Å². The van der Waals surface area contributed by atoms with Crippen molar-refractivity contribution < 1.29 is 24.0 Å². The van der Waals surface area contributed by atoms with Crippen molar-refractivity contribution in [1.29, 1.82) is 0 Å². The average molecular weight is 828 g/mol. The molecule has 0 bridgehead atoms. The van der Waals surface area contributed by atoms with Gasteiger partial charge in [-0.2, -0.15) is 0 Å². The molecule has 0 fully saturated rings. The van der Waals surface area contributed by atoms with Crippen LogP contribution in [0.2, 0.25) is 0 Å². The van der Waals surface area contributed by atoms with E-state index in [4.69, 9.17) is 15.3 Å². The first-order chi connectivity index (χ1) is 28.9. The molecule has 0 saturated heterocycles. The van der Waals surface area contributed by atoms with Gasteiger partial charge in [0.05, 0.1) is 12.1 Å². The summed E-state index contributed by atoms with van der Waals surface area (Å²) in [5.74, 6) is 0.439. The minimum Gasteiger partial charge on any atom is -0.399 e. The number of benzene rings is 3. The van der Waals surface area contributed by atoms with Crippen LogP contribution in [-0.4, -0.2) is 70.0 Å². The molecule has 6 N–H and O–H groups in total. The van der Waals surface area contributed by atoms with Crippen molar-refractivity contribution in [3.05, 3.63) is 125 Å². The van der Waals surface area contributed by atoms with Gasteiger partial charge in [0.2, 0.25) is 6.41 Å². The fourth-order valence-corrected chi connectivity index (χ4v) is 5.44. The number of nitrogen functional groups attached to an aromatic ring is 1. The number of aromatic nitrogens is 1. The maximum atomic E-state index is 13.5. The van der Waals surface area contributed by atoms with Crippen molar-refractivity contribution in [1.82, 2.24) is 26.3 Å². The number of carbonyl (C=O) groups is 5. The number of nitrogens with one attached hydrogen (secondary N) is 4. The van der Waals surface area contributed by atoms with E-state index in [1.807, 2.05) is 122 Å².